The van der Waals surface area contributed by atoms with Gasteiger partial charge in [0.05, 0.1) is 0 Å². The Labute approximate surface area is 107 Å². The number of hydrogen-bond donors (Lipinski definition) is 0. The van der Waals surface area contributed by atoms with Crippen LogP contribution in [-0.2, 0) is 0 Å². The number of carbonyl (C=O) groups is 1. The van der Waals surface area contributed by atoms with Gasteiger partial charge in [-0.15, -0.1) is 11.3 Å². The highest BCUT2D eigenvalue weighted by Crippen LogP contribution is 2.13. The van der Waals surface area contributed by atoms with Crippen molar-refractivity contribution in [2.75, 3.05) is 0 Å². The fourth-order valence-corrected chi connectivity index (χ4v) is 2.14. The van der Waals surface area contributed by atoms with Crippen molar-refractivity contribution >= 4 is 39.1 Å². The molecular formula is C13H9BrOS. The minimum Gasteiger partial charge on any atom is -0.289 e. The molecule has 0 radical (unpaired) electrons. The molecule has 0 amide bonds. The van der Waals surface area contributed by atoms with E-state index >= 15 is 0 Å². The van der Waals surface area contributed by atoms with Crippen LogP contribution in [-0.4, -0.2) is 5.78 Å². The molecule has 0 saturated carbocycles. The zero-order chi connectivity index (χ0) is 11.4. The number of allylic oxidation sites excluding steroid dienone is 1. The maximum absolute atomic E-state index is 11.8. The molecule has 16 heavy (non-hydrogen) atoms. The summed E-state index contributed by atoms with van der Waals surface area (Å²) >= 11 is 4.95. The van der Waals surface area contributed by atoms with Crippen molar-refractivity contribution in [2.24, 2.45) is 0 Å². The molecule has 0 N–H and O–H groups in total. The Balaban J connectivity index is 2.11. The highest BCUT2D eigenvalue weighted by Gasteiger charge is 2.00. The number of benzene rings is 1. The van der Waals surface area contributed by atoms with Crippen LogP contribution in [0.3, 0.4) is 0 Å². The fourth-order valence-electron chi connectivity index (χ4n) is 1.25. The van der Waals surface area contributed by atoms with E-state index < -0.39 is 0 Å². The number of halogens is 1. The van der Waals surface area contributed by atoms with Gasteiger partial charge >= 0.3 is 0 Å². The number of carbonyl (C=O) groups excluding carboxylic acids is 1. The summed E-state index contributed by atoms with van der Waals surface area (Å²) in [6.45, 7) is 0. The second-order valence-corrected chi connectivity index (χ2v) is 5.11. The molecule has 0 aliphatic rings. The molecule has 3 heteroatoms. The van der Waals surface area contributed by atoms with Gasteiger partial charge in [-0.25, -0.2) is 0 Å². The highest BCUT2D eigenvalue weighted by molar-refractivity contribution is 9.10. The Morgan fingerprint density at radius 2 is 1.94 bits per heavy atom. The van der Waals surface area contributed by atoms with E-state index in [9.17, 15) is 4.79 Å². The van der Waals surface area contributed by atoms with E-state index in [0.717, 1.165) is 9.35 Å². The normalized spacial score (nSPS) is 10.8. The molecule has 2 rings (SSSR count). The SMILES string of the molecule is O=C(/C=C/c1cccs1)c1ccc(Br)cc1. The van der Waals surface area contributed by atoms with E-state index in [2.05, 4.69) is 15.9 Å². The van der Waals surface area contributed by atoms with Crippen LogP contribution in [0, 0.1) is 0 Å². The molecule has 0 bridgehead atoms. The Morgan fingerprint density at radius 1 is 1.19 bits per heavy atom. The van der Waals surface area contributed by atoms with Gasteiger partial charge in [-0.05, 0) is 47.9 Å². The van der Waals surface area contributed by atoms with Gasteiger partial charge in [0.15, 0.2) is 5.78 Å². The van der Waals surface area contributed by atoms with Gasteiger partial charge < -0.3 is 0 Å². The zero-order valence-corrected chi connectivity index (χ0v) is 10.8. The largest absolute Gasteiger partial charge is 0.289 e. The van der Waals surface area contributed by atoms with Crippen molar-refractivity contribution in [3.63, 3.8) is 0 Å². The predicted molar refractivity (Wildman–Crippen MR) is 71.8 cm³/mol. The van der Waals surface area contributed by atoms with E-state index in [1.54, 1.807) is 17.4 Å². The first-order chi connectivity index (χ1) is 7.75. The molecule has 0 aliphatic carbocycles. The number of rotatable bonds is 3. The zero-order valence-electron chi connectivity index (χ0n) is 8.39. The van der Waals surface area contributed by atoms with Crippen LogP contribution < -0.4 is 0 Å². The van der Waals surface area contributed by atoms with Crippen LogP contribution in [0.5, 0.6) is 0 Å². The third kappa shape index (κ3) is 2.90. The van der Waals surface area contributed by atoms with E-state index in [-0.39, 0.29) is 5.78 Å². The first-order valence-corrected chi connectivity index (χ1v) is 6.44. The van der Waals surface area contributed by atoms with Gasteiger partial charge in [0.25, 0.3) is 0 Å². The minimum absolute atomic E-state index is 0.0286. The summed E-state index contributed by atoms with van der Waals surface area (Å²) in [6, 6.07) is 11.3. The first kappa shape index (κ1) is 11.3. The lowest BCUT2D eigenvalue weighted by atomic mass is 10.1. The van der Waals surface area contributed by atoms with Crippen LogP contribution in [0.4, 0.5) is 0 Å². The van der Waals surface area contributed by atoms with Crippen molar-refractivity contribution in [3.05, 3.63) is 62.8 Å². The van der Waals surface area contributed by atoms with Crippen LogP contribution in [0.1, 0.15) is 15.2 Å². The smallest absolute Gasteiger partial charge is 0.185 e. The molecule has 2 aromatic rings. The molecule has 0 fully saturated rings. The Bertz CT molecular complexity index is 497. The third-order valence-electron chi connectivity index (χ3n) is 2.07. The summed E-state index contributed by atoms with van der Waals surface area (Å²) in [6.07, 6.45) is 3.45. The highest BCUT2D eigenvalue weighted by atomic mass is 79.9. The average Bonchev–Trinajstić information content (AvgIpc) is 2.80. The molecule has 0 aliphatic heterocycles. The average molecular weight is 293 g/mol. The van der Waals surface area contributed by atoms with Crippen molar-refractivity contribution < 1.29 is 4.79 Å². The molecule has 1 nitrogen and oxygen atoms in total. The molecule has 0 spiro atoms. The van der Waals surface area contributed by atoms with Crippen molar-refractivity contribution in [2.45, 2.75) is 0 Å². The summed E-state index contributed by atoms with van der Waals surface area (Å²) in [5.74, 6) is 0.0286. The van der Waals surface area contributed by atoms with Crippen LogP contribution in [0.25, 0.3) is 6.08 Å². The lowest BCUT2D eigenvalue weighted by molar-refractivity contribution is 0.104. The summed E-state index contributed by atoms with van der Waals surface area (Å²) in [7, 11) is 0. The molecule has 0 saturated heterocycles. The molecule has 0 unspecified atom stereocenters. The number of ketones is 1. The lowest BCUT2D eigenvalue weighted by Crippen LogP contribution is -1.92. The molecular weight excluding hydrogens is 284 g/mol. The molecule has 1 heterocycles. The maximum Gasteiger partial charge on any atom is 0.185 e. The minimum atomic E-state index is 0.0286. The molecule has 1 aromatic heterocycles. The Kier molecular flexibility index (Phi) is 3.70. The van der Waals surface area contributed by atoms with Crippen LogP contribution in [0.2, 0.25) is 0 Å². The number of hydrogen-bond acceptors (Lipinski definition) is 2. The summed E-state index contributed by atoms with van der Waals surface area (Å²) in [4.78, 5) is 12.8. The van der Waals surface area contributed by atoms with E-state index in [4.69, 9.17) is 0 Å². The van der Waals surface area contributed by atoms with Gasteiger partial charge in [-0.2, -0.15) is 0 Å². The monoisotopic (exact) mass is 292 g/mol. The Hall–Kier alpha value is -1.19. The van der Waals surface area contributed by atoms with Gasteiger partial charge in [-0.3, -0.25) is 4.79 Å². The van der Waals surface area contributed by atoms with Gasteiger partial charge in [0.2, 0.25) is 0 Å². The van der Waals surface area contributed by atoms with Gasteiger partial charge in [-0.1, -0.05) is 22.0 Å². The first-order valence-electron chi connectivity index (χ1n) is 4.77. The second-order valence-electron chi connectivity index (χ2n) is 3.22. The van der Waals surface area contributed by atoms with Gasteiger partial charge in [0.1, 0.15) is 0 Å². The van der Waals surface area contributed by atoms with E-state index in [0.29, 0.717) is 5.56 Å². The number of thiophene rings is 1. The van der Waals surface area contributed by atoms with E-state index in [1.807, 2.05) is 47.9 Å². The molecule has 0 atom stereocenters. The summed E-state index contributed by atoms with van der Waals surface area (Å²) < 4.78 is 0.978. The van der Waals surface area contributed by atoms with Crippen molar-refractivity contribution in [1.82, 2.24) is 0 Å². The van der Waals surface area contributed by atoms with E-state index in [1.165, 1.54) is 0 Å². The van der Waals surface area contributed by atoms with Crippen LogP contribution >= 0.6 is 27.3 Å². The predicted octanol–water partition coefficient (Wildman–Crippen LogP) is 4.41. The standard InChI is InChI=1S/C13H9BrOS/c14-11-5-3-10(4-6-11)13(15)8-7-12-2-1-9-16-12/h1-9H/b8-7+. The second kappa shape index (κ2) is 5.23. The maximum atomic E-state index is 11.8. The van der Waals surface area contributed by atoms with Crippen LogP contribution in [0.15, 0.2) is 52.3 Å². The molecule has 80 valence electrons. The quantitative estimate of drug-likeness (QED) is 0.605. The van der Waals surface area contributed by atoms with Crippen molar-refractivity contribution in [1.29, 1.82) is 0 Å². The van der Waals surface area contributed by atoms with Gasteiger partial charge in [0, 0.05) is 14.9 Å². The lowest BCUT2D eigenvalue weighted by Gasteiger charge is -1.95. The fraction of sp³-hybridized carbons (Fsp3) is 0. The topological polar surface area (TPSA) is 17.1 Å². The molecule has 1 aromatic carbocycles. The summed E-state index contributed by atoms with van der Waals surface area (Å²) in [5, 5.41) is 1.99. The third-order valence-corrected chi connectivity index (χ3v) is 3.44. The summed E-state index contributed by atoms with van der Waals surface area (Å²) in [5.41, 5.74) is 0.705. The Morgan fingerprint density at radius 3 is 2.56 bits per heavy atom. The van der Waals surface area contributed by atoms with Crippen molar-refractivity contribution in [3.8, 4) is 0 Å².